The average molecular weight is 538 g/mol. The van der Waals surface area contributed by atoms with Crippen molar-refractivity contribution < 1.29 is 9.68 Å². The van der Waals surface area contributed by atoms with Gasteiger partial charge < -0.3 is 9.68 Å². The molecule has 0 atom stereocenters. The van der Waals surface area contributed by atoms with Crippen LogP contribution in [-0.4, -0.2) is 0 Å². The SMILES string of the molecule is Brc1ccccc1ONc1ccc2c(c1)-c1c(cccc1NOc1ccccc1Br)C2. The van der Waals surface area contributed by atoms with Crippen LogP contribution in [0.4, 0.5) is 11.4 Å². The Morgan fingerprint density at radius 1 is 0.645 bits per heavy atom. The van der Waals surface area contributed by atoms with Gasteiger partial charge in [0.25, 0.3) is 0 Å². The van der Waals surface area contributed by atoms with E-state index >= 15 is 0 Å². The Hall–Kier alpha value is -2.96. The van der Waals surface area contributed by atoms with Gasteiger partial charge in [-0.2, -0.15) is 0 Å². The van der Waals surface area contributed by atoms with E-state index in [9.17, 15) is 0 Å². The normalized spacial score (nSPS) is 11.4. The van der Waals surface area contributed by atoms with Crippen molar-refractivity contribution in [2.45, 2.75) is 6.42 Å². The summed E-state index contributed by atoms with van der Waals surface area (Å²) in [4.78, 5) is 11.6. The smallest absolute Gasteiger partial charge is 0.169 e. The summed E-state index contributed by atoms with van der Waals surface area (Å²) in [5, 5.41) is 0. The number of benzene rings is 4. The van der Waals surface area contributed by atoms with Gasteiger partial charge in [-0.1, -0.05) is 42.5 Å². The predicted molar refractivity (Wildman–Crippen MR) is 131 cm³/mol. The van der Waals surface area contributed by atoms with Crippen molar-refractivity contribution in [3.63, 3.8) is 0 Å². The third kappa shape index (κ3) is 4.13. The van der Waals surface area contributed by atoms with Crippen molar-refractivity contribution in [2.24, 2.45) is 0 Å². The molecule has 0 bridgehead atoms. The Kier molecular flexibility index (Phi) is 5.57. The van der Waals surface area contributed by atoms with Gasteiger partial charge in [0, 0.05) is 5.56 Å². The Morgan fingerprint density at radius 2 is 1.32 bits per heavy atom. The second-order valence-electron chi connectivity index (χ2n) is 7.16. The molecule has 1 aliphatic carbocycles. The zero-order chi connectivity index (χ0) is 21.2. The van der Waals surface area contributed by atoms with Gasteiger partial charge in [-0.15, -0.1) is 0 Å². The molecule has 4 aromatic carbocycles. The predicted octanol–water partition coefficient (Wildman–Crippen LogP) is 7.59. The van der Waals surface area contributed by atoms with E-state index in [4.69, 9.17) is 9.68 Å². The third-order valence-corrected chi connectivity index (χ3v) is 6.44. The van der Waals surface area contributed by atoms with Gasteiger partial charge in [-0.05, 0) is 97.4 Å². The molecule has 4 aromatic rings. The van der Waals surface area contributed by atoms with E-state index in [1.165, 1.54) is 11.1 Å². The molecule has 4 nitrogen and oxygen atoms in total. The van der Waals surface area contributed by atoms with Crippen LogP contribution in [0.3, 0.4) is 0 Å². The molecule has 1 aliphatic rings. The number of hydrogen-bond donors (Lipinski definition) is 2. The van der Waals surface area contributed by atoms with Crippen LogP contribution in [0.25, 0.3) is 11.1 Å². The molecule has 0 heterocycles. The Morgan fingerprint density at radius 3 is 2.03 bits per heavy atom. The minimum atomic E-state index is 0.729. The molecular formula is C25H18Br2N2O2. The van der Waals surface area contributed by atoms with E-state index in [-0.39, 0.29) is 0 Å². The van der Waals surface area contributed by atoms with E-state index in [0.717, 1.165) is 49.4 Å². The maximum absolute atomic E-state index is 5.87. The van der Waals surface area contributed by atoms with Crippen LogP contribution < -0.4 is 20.6 Å². The molecule has 0 amide bonds. The van der Waals surface area contributed by atoms with Crippen LogP contribution >= 0.6 is 31.9 Å². The fourth-order valence-corrected chi connectivity index (χ4v) is 4.39. The lowest BCUT2D eigenvalue weighted by atomic mass is 10.0. The van der Waals surface area contributed by atoms with Gasteiger partial charge in [0.1, 0.15) is 0 Å². The van der Waals surface area contributed by atoms with E-state index in [1.807, 2.05) is 66.7 Å². The van der Waals surface area contributed by atoms with Gasteiger partial charge in [0.2, 0.25) is 0 Å². The second-order valence-corrected chi connectivity index (χ2v) is 8.87. The monoisotopic (exact) mass is 536 g/mol. The number of anilines is 2. The highest BCUT2D eigenvalue weighted by molar-refractivity contribution is 9.10. The lowest BCUT2D eigenvalue weighted by Gasteiger charge is -2.15. The first-order chi connectivity index (χ1) is 15.2. The molecular weight excluding hydrogens is 520 g/mol. The molecule has 0 radical (unpaired) electrons. The molecule has 6 heteroatoms. The molecule has 0 saturated heterocycles. The topological polar surface area (TPSA) is 42.5 Å². The molecule has 0 aromatic heterocycles. The standard InChI is InChI=1S/C25H18Br2N2O2/c26-20-7-1-3-10-23(20)30-28-18-13-12-16-14-17-6-5-9-22(25(17)19(16)15-18)29-31-24-11-4-2-8-21(24)27/h1-13,15,28-29H,14H2. The van der Waals surface area contributed by atoms with Crippen LogP contribution in [0.1, 0.15) is 11.1 Å². The van der Waals surface area contributed by atoms with Crippen LogP contribution in [0.2, 0.25) is 0 Å². The maximum atomic E-state index is 5.87. The highest BCUT2D eigenvalue weighted by atomic mass is 79.9. The number of hydrogen-bond acceptors (Lipinski definition) is 4. The number of rotatable bonds is 6. The molecule has 0 spiro atoms. The quantitative estimate of drug-likeness (QED) is 0.219. The van der Waals surface area contributed by atoms with Crippen molar-refractivity contribution in [1.29, 1.82) is 0 Å². The summed E-state index contributed by atoms with van der Waals surface area (Å²) in [7, 11) is 0. The first-order valence-corrected chi connectivity index (χ1v) is 11.4. The van der Waals surface area contributed by atoms with Crippen molar-refractivity contribution in [2.75, 3.05) is 11.0 Å². The van der Waals surface area contributed by atoms with E-state index < -0.39 is 0 Å². The maximum Gasteiger partial charge on any atom is 0.169 e. The molecule has 0 saturated carbocycles. The number of nitrogens with one attached hydrogen (secondary N) is 2. The minimum Gasteiger partial charge on any atom is -0.381 e. The third-order valence-electron chi connectivity index (χ3n) is 5.13. The van der Waals surface area contributed by atoms with Gasteiger partial charge in [0.15, 0.2) is 11.5 Å². The molecule has 5 rings (SSSR count). The van der Waals surface area contributed by atoms with E-state index in [1.54, 1.807) is 0 Å². The zero-order valence-electron chi connectivity index (χ0n) is 16.4. The second kappa shape index (κ2) is 8.65. The molecule has 0 fully saturated rings. The summed E-state index contributed by atoms with van der Waals surface area (Å²) in [5.74, 6) is 1.46. The minimum absolute atomic E-state index is 0.729. The fraction of sp³-hybridized carbons (Fsp3) is 0.0400. The summed E-state index contributed by atoms with van der Waals surface area (Å²) < 4.78 is 1.79. The van der Waals surface area contributed by atoms with E-state index in [0.29, 0.717) is 0 Å². The molecule has 0 unspecified atom stereocenters. The summed E-state index contributed by atoms with van der Waals surface area (Å²) in [6.07, 6.45) is 0.889. The first kappa shape index (κ1) is 20.0. The van der Waals surface area contributed by atoms with Crippen LogP contribution in [0, 0.1) is 0 Å². The summed E-state index contributed by atoms with van der Waals surface area (Å²) >= 11 is 7.02. The van der Waals surface area contributed by atoms with Crippen LogP contribution in [0.5, 0.6) is 11.5 Å². The van der Waals surface area contributed by atoms with Gasteiger partial charge in [0.05, 0.1) is 20.3 Å². The largest absolute Gasteiger partial charge is 0.381 e. The van der Waals surface area contributed by atoms with Gasteiger partial charge in [-0.3, -0.25) is 0 Å². The van der Waals surface area contributed by atoms with Crippen molar-refractivity contribution in [1.82, 2.24) is 0 Å². The van der Waals surface area contributed by atoms with Crippen molar-refractivity contribution >= 4 is 43.2 Å². The van der Waals surface area contributed by atoms with Gasteiger partial charge >= 0.3 is 0 Å². The molecule has 2 N–H and O–H groups in total. The van der Waals surface area contributed by atoms with Gasteiger partial charge in [-0.25, -0.2) is 11.0 Å². The van der Waals surface area contributed by atoms with Crippen LogP contribution in [0.15, 0.2) is 93.9 Å². The number of fused-ring (bicyclic) bond motifs is 3. The Bertz CT molecular complexity index is 1260. The Labute approximate surface area is 197 Å². The summed E-state index contributed by atoms with van der Waals surface area (Å²) in [6, 6.07) is 28.0. The van der Waals surface area contributed by atoms with Crippen LogP contribution in [-0.2, 0) is 6.42 Å². The van der Waals surface area contributed by atoms with E-state index in [2.05, 4.69) is 61.0 Å². The molecule has 0 aliphatic heterocycles. The number of halogens is 2. The Balaban J connectivity index is 1.40. The average Bonchev–Trinajstić information content (AvgIpc) is 3.16. The summed E-state index contributed by atoms with van der Waals surface area (Å²) in [6.45, 7) is 0. The highest BCUT2D eigenvalue weighted by Gasteiger charge is 2.22. The number of para-hydroxylation sites is 2. The lowest BCUT2D eigenvalue weighted by Crippen LogP contribution is -2.07. The van der Waals surface area contributed by atoms with Crippen molar-refractivity contribution in [3.8, 4) is 22.6 Å². The zero-order valence-corrected chi connectivity index (χ0v) is 19.5. The molecule has 31 heavy (non-hydrogen) atoms. The molecule has 154 valence electrons. The lowest BCUT2D eigenvalue weighted by molar-refractivity contribution is 0.402. The first-order valence-electron chi connectivity index (χ1n) is 9.79. The fourth-order valence-electron chi connectivity index (χ4n) is 3.66. The van der Waals surface area contributed by atoms with Crippen molar-refractivity contribution in [3.05, 3.63) is 105 Å². The summed E-state index contributed by atoms with van der Waals surface area (Å²) in [5.41, 5.74) is 12.9. The highest BCUT2D eigenvalue weighted by Crippen LogP contribution is 2.43.